The Hall–Kier alpha value is -6.32. The lowest BCUT2D eigenvalue weighted by molar-refractivity contribution is -0.373. The summed E-state index contributed by atoms with van der Waals surface area (Å²) in [6.45, 7) is 45.4. The highest BCUT2D eigenvalue weighted by atomic mass is 16.7. The summed E-state index contributed by atoms with van der Waals surface area (Å²) < 4.78 is 62.2. The Morgan fingerprint density at radius 1 is 0.596 bits per heavy atom. The summed E-state index contributed by atoms with van der Waals surface area (Å²) in [5, 5.41) is 78.8. The molecule has 3 unspecified atom stereocenters. The number of hydrogen-bond donors (Lipinski definition) is 8. The van der Waals surface area contributed by atoms with Gasteiger partial charge in [-0.15, -0.1) is 0 Å². The van der Waals surface area contributed by atoms with Gasteiger partial charge < -0.3 is 88.6 Å². The number of rotatable bonds is 18. The highest BCUT2D eigenvalue weighted by molar-refractivity contribution is 5.90. The van der Waals surface area contributed by atoms with Crippen molar-refractivity contribution in [2.75, 3.05) is 13.2 Å². The summed E-state index contributed by atoms with van der Waals surface area (Å²) in [5.74, 6) is -5.49. The minimum Gasteiger partial charge on any atom is -0.457 e. The SMILES string of the molecule is C=CC1O[C@H]2C[C@H]3OC[C@@]3(C)[C@H]3[C@H](OC(=O)c4ccccc4)[C@]4(C(C)(C)O)C[C@H](OC(=O)C(O)[C@H](CC(C)C)NC(=O)OC(C)(C)C)C(C)=C4[C@H](C)[C@H](O1)[C@]23C.CC1=C2[C@H](C)[C@H](O)[C@@]3(C)[C@H]([C@H](OC(=O)c4ccccc4)[C@](O)(C[C@@H]1OC(=O)C(O)[C@H](CC(C)C)NC(=O)OC(C)(C)C)C2(C)C)[C@]1(C)CO[C@@H]1C[C@@H]3O. The molecule has 6 aliphatic carbocycles. The van der Waals surface area contributed by atoms with E-state index in [9.17, 15) is 59.4 Å². The predicted octanol–water partition coefficient (Wildman–Crippen LogP) is 11.0. The van der Waals surface area contributed by atoms with E-state index in [-0.39, 0.29) is 74.2 Å². The Labute approximate surface area is 643 Å². The van der Waals surface area contributed by atoms with Crippen molar-refractivity contribution < 1.29 is 107 Å². The van der Waals surface area contributed by atoms with E-state index in [2.05, 4.69) is 38.0 Å². The first-order chi connectivity index (χ1) is 50.4. The predicted molar refractivity (Wildman–Crippen MR) is 403 cm³/mol. The van der Waals surface area contributed by atoms with E-state index < -0.39 is 188 Å². The average Bonchev–Trinajstić information content (AvgIpc) is 1.64. The fourth-order valence-corrected chi connectivity index (χ4v) is 21.2. The Bertz CT molecular complexity index is 3780. The molecule has 24 nitrogen and oxygen atoms in total. The number of esters is 4. The molecule has 24 heteroatoms. The maximum absolute atomic E-state index is 14.4. The molecule has 9 aliphatic rings. The topological polar surface area (TPSA) is 340 Å². The molecule has 3 saturated heterocycles. The van der Waals surface area contributed by atoms with Gasteiger partial charge in [0.2, 0.25) is 0 Å². The Kier molecular flexibility index (Phi) is 23.9. The van der Waals surface area contributed by atoms with Gasteiger partial charge in [0.05, 0.1) is 84.1 Å². The van der Waals surface area contributed by atoms with E-state index in [0.717, 1.165) is 5.57 Å². The van der Waals surface area contributed by atoms with Crippen molar-refractivity contribution in [3.8, 4) is 0 Å². The molecule has 0 radical (unpaired) electrons. The van der Waals surface area contributed by atoms with Crippen LogP contribution in [0, 0.1) is 68.0 Å². The minimum atomic E-state index is -1.92. The molecule has 4 saturated carbocycles. The zero-order valence-corrected chi connectivity index (χ0v) is 68.1. The summed E-state index contributed by atoms with van der Waals surface area (Å²) in [6.07, 6.45) is -11.0. The van der Waals surface area contributed by atoms with Crippen molar-refractivity contribution in [1.29, 1.82) is 0 Å². The quantitative estimate of drug-likeness (QED) is 0.0390. The van der Waals surface area contributed by atoms with E-state index in [4.69, 9.17) is 47.4 Å². The monoisotopic (exact) mass is 1520 g/mol. The number of nitrogens with one attached hydrogen (secondary N) is 2. The number of fused-ring (bicyclic) bond motifs is 8. The molecule has 3 heterocycles. The smallest absolute Gasteiger partial charge is 0.407 e. The van der Waals surface area contributed by atoms with Crippen LogP contribution in [0.15, 0.2) is 95.6 Å². The number of carbonyl (C=O) groups is 6. The fourth-order valence-electron chi connectivity index (χ4n) is 21.2. The van der Waals surface area contributed by atoms with E-state index in [1.165, 1.54) is 0 Å². The van der Waals surface area contributed by atoms with Crippen LogP contribution >= 0.6 is 0 Å². The van der Waals surface area contributed by atoms with Crippen LogP contribution in [0.3, 0.4) is 0 Å². The van der Waals surface area contributed by atoms with Gasteiger partial charge in [-0.25, -0.2) is 28.8 Å². The molecule has 7 fully saturated rings. The lowest BCUT2D eigenvalue weighted by Crippen LogP contribution is -2.77. The molecule has 2 bridgehead atoms. The number of hydrogen-bond acceptors (Lipinski definition) is 22. The summed E-state index contributed by atoms with van der Waals surface area (Å²) in [5.41, 5.74) is -7.51. The third-order valence-corrected chi connectivity index (χ3v) is 26.4. The summed E-state index contributed by atoms with van der Waals surface area (Å²) >= 11 is 0. The van der Waals surface area contributed by atoms with Gasteiger partial charge >= 0.3 is 36.1 Å². The zero-order chi connectivity index (χ0) is 81.0. The summed E-state index contributed by atoms with van der Waals surface area (Å²) in [7, 11) is 0. The molecule has 109 heavy (non-hydrogen) atoms. The van der Waals surface area contributed by atoms with Crippen LogP contribution in [0.25, 0.3) is 0 Å². The van der Waals surface area contributed by atoms with Gasteiger partial charge in [-0.3, -0.25) is 0 Å². The highest BCUT2D eigenvalue weighted by Gasteiger charge is 2.79. The molecule has 0 aromatic heterocycles. The standard InChI is InChI=1S/C44H63NO11.C41H61NO11/c1-13-31-53-30-20-29-42(11,22-51-29)34-36(55-37(47)26-17-15-14-16-18-26)44(41(9,10)50)21-28(24(4)32(44)25(5)35(54-31)43(30,34)12)52-38(48)33(46)27(19-23(2)3)45-39(49)56-40(6,7)8;1-21(2)17-25(42-36(48)53-37(5,6)7)30(44)35(47)51-26-19-41(49)33(52-34(46)24-15-13-12-14-16-24)31-39(10)20-50-28(39)18-27(43)40(31,11)32(45)23(4)29(22(26)3)38(41,8)9/h13-18,23,25,27-31,33-36,46,50H,1,19-22H2,2-12H3,(H,45,49);12-16,21,23,25-28,30-33,43-45,49H,17-20H2,1-11H3,(H,42,48)/t25-,27-,28-,29+,30-,31?,33?,34+,35-,36-,42+,43+,44-;23-,25-,26-,27-,28+,30?,31+,32-,33-,39+,40+,41+/m00/s1. The van der Waals surface area contributed by atoms with E-state index >= 15 is 0 Å². The molecule has 606 valence electrons. The van der Waals surface area contributed by atoms with Gasteiger partial charge in [0.15, 0.2) is 18.5 Å². The molecule has 25 atom stereocenters. The van der Waals surface area contributed by atoms with Gasteiger partial charge in [-0.1, -0.05) is 132 Å². The number of benzene rings is 2. The Morgan fingerprint density at radius 2 is 1.03 bits per heavy atom. The molecular weight excluding hydrogens is 1400 g/mol. The Morgan fingerprint density at radius 3 is 1.45 bits per heavy atom. The molecule has 8 N–H and O–H groups in total. The van der Waals surface area contributed by atoms with Crippen LogP contribution in [0.2, 0.25) is 0 Å². The van der Waals surface area contributed by atoms with Gasteiger partial charge in [0.1, 0.15) is 41.2 Å². The number of aliphatic hydroxyl groups is 6. The average molecular weight is 1530 g/mol. The number of aliphatic hydroxyl groups excluding tert-OH is 4. The second kappa shape index (κ2) is 30.5. The van der Waals surface area contributed by atoms with E-state index in [1.54, 1.807) is 130 Å². The maximum atomic E-state index is 14.4. The number of ether oxygens (including phenoxy) is 10. The van der Waals surface area contributed by atoms with Crippen LogP contribution < -0.4 is 10.6 Å². The van der Waals surface area contributed by atoms with Gasteiger partial charge in [0, 0.05) is 76.4 Å². The molecule has 11 rings (SSSR count). The van der Waals surface area contributed by atoms with Crippen molar-refractivity contribution in [3.63, 3.8) is 0 Å². The Balaban J connectivity index is 0.000000233. The van der Waals surface area contributed by atoms with E-state index in [0.29, 0.717) is 35.3 Å². The third kappa shape index (κ3) is 15.2. The lowest BCUT2D eigenvalue weighted by Gasteiger charge is -2.69. The molecule has 2 amide bonds. The number of amides is 2. The normalized spacial score (nSPS) is 37.5. The number of carbonyl (C=O) groups excluding carboxylic acids is 6. The minimum absolute atomic E-state index is 0.00637. The van der Waals surface area contributed by atoms with Crippen LogP contribution in [0.5, 0.6) is 0 Å². The molecule has 3 aliphatic heterocycles. The van der Waals surface area contributed by atoms with Crippen LogP contribution in [0.1, 0.15) is 212 Å². The summed E-state index contributed by atoms with van der Waals surface area (Å²) in [6, 6.07) is 15.2. The van der Waals surface area contributed by atoms with Crippen LogP contribution in [-0.4, -0.2) is 194 Å². The van der Waals surface area contributed by atoms with Crippen LogP contribution in [-0.2, 0) is 57.0 Å². The van der Waals surface area contributed by atoms with Crippen molar-refractivity contribution in [2.24, 2.45) is 68.0 Å². The van der Waals surface area contributed by atoms with Crippen LogP contribution in [0.4, 0.5) is 9.59 Å². The van der Waals surface area contributed by atoms with Gasteiger partial charge in [0.25, 0.3) is 0 Å². The lowest BCUT2D eigenvalue weighted by atomic mass is 9.41. The number of alkyl carbamates (subject to hydrolysis) is 2. The summed E-state index contributed by atoms with van der Waals surface area (Å²) in [4.78, 5) is 82.0. The molecule has 0 spiro atoms. The van der Waals surface area contributed by atoms with Gasteiger partial charge in [-0.2, -0.15) is 0 Å². The largest absolute Gasteiger partial charge is 0.457 e. The van der Waals surface area contributed by atoms with E-state index in [1.807, 2.05) is 68.4 Å². The molecule has 2 aromatic rings. The first-order valence-electron chi connectivity index (χ1n) is 39.1. The second-order valence-corrected chi connectivity index (χ2v) is 37.7. The molecular formula is C85H124N2O22. The van der Waals surface area contributed by atoms with Crippen molar-refractivity contribution in [2.45, 2.75) is 305 Å². The molecule has 2 aromatic carbocycles. The van der Waals surface area contributed by atoms with Crippen molar-refractivity contribution >= 4 is 36.1 Å². The third-order valence-electron chi connectivity index (χ3n) is 26.4. The zero-order valence-electron chi connectivity index (χ0n) is 68.1. The van der Waals surface area contributed by atoms with Crippen molar-refractivity contribution in [1.82, 2.24) is 10.6 Å². The first kappa shape index (κ1) is 85.1. The maximum Gasteiger partial charge on any atom is 0.407 e. The fraction of sp³-hybridized carbons (Fsp3) is 0.718. The first-order valence-corrected chi connectivity index (χ1v) is 39.1. The van der Waals surface area contributed by atoms with Gasteiger partial charge in [-0.05, 0) is 141 Å². The van der Waals surface area contributed by atoms with Crippen molar-refractivity contribution in [3.05, 3.63) is 107 Å². The highest BCUT2D eigenvalue weighted by Crippen LogP contribution is 2.73. The second-order valence-electron chi connectivity index (χ2n) is 37.7.